The van der Waals surface area contributed by atoms with Crippen LogP contribution in [0.4, 0.5) is 26.3 Å². The number of amides is 3. The quantitative estimate of drug-likeness (QED) is 0.0189. The molecule has 2 aliphatic heterocycles. The first-order valence-corrected chi connectivity index (χ1v) is 25.9. The van der Waals surface area contributed by atoms with Crippen LogP contribution < -0.4 is 36.7 Å². The summed E-state index contributed by atoms with van der Waals surface area (Å²) >= 11 is 0. The number of aromatic nitrogens is 2. The zero-order chi connectivity index (χ0) is 57.0. The highest BCUT2D eigenvalue weighted by Gasteiger charge is 2.66. The monoisotopic (exact) mass is 1120 g/mol. The Kier molecular flexibility index (Phi) is 20.3. The lowest BCUT2D eigenvalue weighted by Gasteiger charge is -2.44. The van der Waals surface area contributed by atoms with Gasteiger partial charge in [-0.1, -0.05) is 66.4 Å². The highest BCUT2D eigenvalue weighted by molar-refractivity contribution is 7.44. The predicted molar refractivity (Wildman–Crippen MR) is 272 cm³/mol. The number of alkyl halides is 6. The van der Waals surface area contributed by atoms with Crippen LogP contribution in [0, 0.1) is 23.2 Å². The van der Waals surface area contributed by atoms with E-state index < -0.39 is 105 Å². The van der Waals surface area contributed by atoms with Crippen molar-refractivity contribution >= 4 is 26.2 Å². The number of nitrogens with zero attached hydrogens (tertiary/aromatic N) is 3. The fourth-order valence-corrected chi connectivity index (χ4v) is 11.3. The zero-order valence-electron chi connectivity index (χ0n) is 43.5. The molecule has 3 unspecified atom stereocenters. The molecule has 3 amide bonds. The SMILES string of the molecule is COc1ccc(C(C[C@]23CO[C@@H](C2OP(OCCC#N)N(C(C)C)C(C)C)[C@H](n2cc(C#CCNC(=O)C(CCCCNC(=O)C(F)(F)F)NC(=O)C(F)(F)F)c(=O)[nH]c2=O)O3)(c2ccccc2)c2ccc(OC)cc2)cc1. The smallest absolute Gasteiger partial charge is 0.471 e. The Hall–Kier alpha value is -6.79. The van der Waals surface area contributed by atoms with Crippen molar-refractivity contribution in [1.29, 1.82) is 5.26 Å². The van der Waals surface area contributed by atoms with Crippen LogP contribution in [0.15, 0.2) is 94.6 Å². The largest absolute Gasteiger partial charge is 0.497 e. The molecule has 3 heterocycles. The number of hydrogen-bond acceptors (Lipinski definition) is 13. The molecule has 0 aliphatic carbocycles. The van der Waals surface area contributed by atoms with E-state index in [4.69, 9.17) is 28.0 Å². The third-order valence-corrected chi connectivity index (χ3v) is 15.1. The van der Waals surface area contributed by atoms with Gasteiger partial charge in [0.1, 0.15) is 40.9 Å². The van der Waals surface area contributed by atoms with Crippen molar-refractivity contribution in [1.82, 2.24) is 30.2 Å². The Bertz CT molecular complexity index is 2870. The summed E-state index contributed by atoms with van der Waals surface area (Å²) in [6.07, 6.45) is -13.5. The van der Waals surface area contributed by atoms with Gasteiger partial charge >= 0.3 is 29.9 Å². The third kappa shape index (κ3) is 14.3. The summed E-state index contributed by atoms with van der Waals surface area (Å²) in [7, 11) is 1.14. The summed E-state index contributed by atoms with van der Waals surface area (Å²) in [6, 6.07) is 24.9. The van der Waals surface area contributed by atoms with E-state index in [1.165, 1.54) is 0 Å². The predicted octanol–water partition coefficient (Wildman–Crippen LogP) is 6.67. The molecule has 2 fully saturated rings. The van der Waals surface area contributed by atoms with Crippen LogP contribution in [0.5, 0.6) is 11.5 Å². The van der Waals surface area contributed by atoms with Crippen molar-refractivity contribution in [2.24, 2.45) is 0 Å². The van der Waals surface area contributed by atoms with Crippen LogP contribution in [0.2, 0.25) is 0 Å². The van der Waals surface area contributed by atoms with Crippen molar-refractivity contribution in [2.45, 2.75) is 120 Å². The Balaban J connectivity index is 1.39. The van der Waals surface area contributed by atoms with Crippen LogP contribution in [-0.4, -0.2) is 121 Å². The van der Waals surface area contributed by atoms with E-state index in [0.29, 0.717) is 11.5 Å². The molecule has 0 saturated carbocycles. The van der Waals surface area contributed by atoms with Crippen LogP contribution in [0.25, 0.3) is 0 Å². The van der Waals surface area contributed by atoms with Crippen molar-refractivity contribution in [3.63, 3.8) is 0 Å². The topological polar surface area (TPSA) is 225 Å². The van der Waals surface area contributed by atoms with Gasteiger partial charge in [-0.2, -0.15) is 31.6 Å². The average Bonchev–Trinajstić information content (AvgIpc) is 4.11. The molecule has 420 valence electrons. The molecule has 2 aliphatic rings. The zero-order valence-corrected chi connectivity index (χ0v) is 44.4. The lowest BCUT2D eigenvalue weighted by Crippen LogP contribution is -2.50. The molecular formula is C53H60F6N7O11P. The van der Waals surface area contributed by atoms with Crippen molar-refractivity contribution in [2.75, 3.05) is 40.5 Å². The number of hydrogen-bond donors (Lipinski definition) is 4. The van der Waals surface area contributed by atoms with E-state index >= 15 is 0 Å². The minimum atomic E-state index is -5.39. The Morgan fingerprint density at radius 2 is 1.45 bits per heavy atom. The summed E-state index contributed by atoms with van der Waals surface area (Å²) in [5, 5.41) is 15.0. The average molecular weight is 1120 g/mol. The maximum absolute atomic E-state index is 14.0. The molecule has 18 nitrogen and oxygen atoms in total. The highest BCUT2D eigenvalue weighted by atomic mass is 31.2. The summed E-state index contributed by atoms with van der Waals surface area (Å²) in [5.41, 5.74) is -2.22. The molecular weight excluding hydrogens is 1060 g/mol. The number of rotatable bonds is 24. The number of halogens is 6. The molecule has 25 heteroatoms. The first-order chi connectivity index (χ1) is 37.0. The van der Waals surface area contributed by atoms with Gasteiger partial charge < -0.3 is 43.9 Å². The minimum Gasteiger partial charge on any atom is -0.497 e. The molecule has 6 atom stereocenters. The van der Waals surface area contributed by atoms with Crippen LogP contribution in [-0.2, 0) is 38.3 Å². The number of nitriles is 1. The van der Waals surface area contributed by atoms with Gasteiger partial charge in [-0.3, -0.25) is 28.7 Å². The number of methoxy groups -OCH3 is 2. The van der Waals surface area contributed by atoms with E-state index in [9.17, 15) is 55.6 Å². The van der Waals surface area contributed by atoms with E-state index in [2.05, 4.69) is 28.2 Å². The standard InChI is InChI=1S/C53H60F6N7O11P/c1-33(2)66(34(3)4)78(75-29-13-26-60)77-43-42-46(76-50(43,32-74-42)31-51(36-15-8-7-9-16-36,37-18-22-39(72-5)23-19-37)38-20-24-40(73-6)25-21-38)65-30-35(44(67)64-49(65)71)14-12-28-61-45(68)41(63-48(70)53(57,58)59)17-10-11-27-62-47(69)52(54,55)56/h7-9,15-16,18-25,30,33-34,41-43,46H,10-11,13,17,27-29,31-32H2,1-6H3,(H,61,68)(H,62,69)(H,63,70)(H,64,67,71)/t41?,42-,43?,46+,50-,78?/m0/s1. The van der Waals surface area contributed by atoms with Gasteiger partial charge in [-0.25, -0.2) is 9.46 Å². The van der Waals surface area contributed by atoms with E-state index in [1.54, 1.807) is 24.9 Å². The van der Waals surface area contributed by atoms with Gasteiger partial charge in [0.2, 0.25) is 5.91 Å². The van der Waals surface area contributed by atoms with Crippen molar-refractivity contribution in [3.05, 3.63) is 128 Å². The number of fused-ring (bicyclic) bond motifs is 2. The first kappa shape index (κ1) is 60.4. The summed E-state index contributed by atoms with van der Waals surface area (Å²) in [6.45, 7) is 6.76. The van der Waals surface area contributed by atoms with Gasteiger partial charge in [0.25, 0.3) is 14.1 Å². The lowest BCUT2D eigenvalue weighted by molar-refractivity contribution is -0.180. The maximum atomic E-state index is 14.0. The second kappa shape index (κ2) is 26.2. The first-order valence-electron chi connectivity index (χ1n) is 24.7. The van der Waals surface area contributed by atoms with Crippen molar-refractivity contribution in [3.8, 4) is 29.4 Å². The molecule has 2 saturated heterocycles. The van der Waals surface area contributed by atoms with Crippen LogP contribution in [0.3, 0.4) is 0 Å². The number of aromatic amines is 1. The molecule has 0 radical (unpaired) electrons. The number of H-pyrrole nitrogens is 1. The second-order valence-corrected chi connectivity index (χ2v) is 20.2. The molecule has 4 aromatic rings. The molecule has 78 heavy (non-hydrogen) atoms. The molecule has 4 N–H and O–H groups in total. The highest BCUT2D eigenvalue weighted by Crippen LogP contribution is 2.59. The summed E-state index contributed by atoms with van der Waals surface area (Å²) < 4.78 is 119. The number of carbonyl (C=O) groups is 3. The fourth-order valence-electron chi connectivity index (χ4n) is 9.47. The van der Waals surface area contributed by atoms with Gasteiger partial charge in [0.15, 0.2) is 6.23 Å². The van der Waals surface area contributed by atoms with Gasteiger partial charge in [-0.05, 0) is 94.3 Å². The molecule has 2 bridgehead atoms. The summed E-state index contributed by atoms with van der Waals surface area (Å²) in [5.74, 6) is 0.460. The Morgan fingerprint density at radius 1 is 0.859 bits per heavy atom. The number of carbonyl (C=O) groups excluding carboxylic acids is 3. The normalized spacial score (nSPS) is 18.9. The van der Waals surface area contributed by atoms with Crippen LogP contribution in [0.1, 0.15) is 88.3 Å². The maximum Gasteiger partial charge on any atom is 0.471 e. The second-order valence-electron chi connectivity index (χ2n) is 18.8. The van der Waals surface area contributed by atoms with Gasteiger partial charge in [0.05, 0.1) is 46.5 Å². The number of nitrogens with one attached hydrogen (secondary N) is 4. The van der Waals surface area contributed by atoms with Crippen LogP contribution >= 0.6 is 8.53 Å². The fraction of sp³-hybridized carbons (Fsp3) is 0.472. The van der Waals surface area contributed by atoms with E-state index in [0.717, 1.165) is 27.5 Å². The van der Waals surface area contributed by atoms with E-state index in [-0.39, 0.29) is 56.5 Å². The summed E-state index contributed by atoms with van der Waals surface area (Å²) in [4.78, 5) is 65.7. The van der Waals surface area contributed by atoms with Crippen molar-refractivity contribution < 1.29 is 68.7 Å². The number of benzene rings is 3. The third-order valence-electron chi connectivity index (χ3n) is 13.0. The van der Waals surface area contributed by atoms with Gasteiger partial charge in [-0.15, -0.1) is 0 Å². The molecule has 6 rings (SSSR count). The number of unbranched alkanes of at least 4 members (excludes halogenated alkanes) is 1. The molecule has 1 aromatic heterocycles. The van der Waals surface area contributed by atoms with Gasteiger partial charge in [0, 0.05) is 30.2 Å². The number of ether oxygens (including phenoxy) is 4. The molecule has 0 spiro atoms. The minimum absolute atomic E-state index is 0.0271. The molecule has 3 aromatic carbocycles. The van der Waals surface area contributed by atoms with E-state index in [1.807, 2.05) is 111 Å². The Labute approximate surface area is 447 Å². The Morgan fingerprint density at radius 3 is 2.00 bits per heavy atom. The lowest BCUT2D eigenvalue weighted by atomic mass is 9.63.